The van der Waals surface area contributed by atoms with Gasteiger partial charge in [-0.15, -0.1) is 0 Å². The molecule has 0 fully saturated rings. The Labute approximate surface area is 134 Å². The fourth-order valence-corrected chi connectivity index (χ4v) is 1.83. The van der Waals surface area contributed by atoms with E-state index in [2.05, 4.69) is 21.5 Å². The smallest absolute Gasteiger partial charge is 0.189 e. The van der Waals surface area contributed by atoms with Crippen molar-refractivity contribution in [2.75, 3.05) is 5.32 Å². The Morgan fingerprint density at radius 2 is 1.76 bits per heavy atom. The first kappa shape index (κ1) is 15.3. The van der Waals surface area contributed by atoms with E-state index in [-0.39, 0.29) is 0 Å². The fraction of sp³-hybridized carbons (Fsp3) is 0.143. The van der Waals surface area contributed by atoms with Crippen LogP contribution in [0.2, 0.25) is 0 Å². The number of aryl methyl sites for hydroxylation is 1. The van der Waals surface area contributed by atoms with Crippen LogP contribution in [-0.4, -0.2) is 10.2 Å². The lowest BCUT2D eigenvalue weighted by molar-refractivity contribution is 0.502. The molecule has 0 aliphatic carbocycles. The van der Waals surface area contributed by atoms with E-state index in [9.17, 15) is 0 Å². The first-order chi connectivity index (χ1) is 10.1. The number of benzene rings is 1. The summed E-state index contributed by atoms with van der Waals surface area (Å²) in [5.41, 5.74) is 7.72. The highest BCUT2D eigenvalue weighted by Gasteiger charge is 2.00. The topological polar surface area (TPSA) is 61.3 Å². The lowest BCUT2D eigenvalue weighted by Crippen LogP contribution is -2.47. The van der Waals surface area contributed by atoms with Crippen LogP contribution in [0.25, 0.3) is 0 Å². The summed E-state index contributed by atoms with van der Waals surface area (Å²) in [6.45, 7) is 2.55. The summed E-state index contributed by atoms with van der Waals surface area (Å²) >= 11 is 10.3. The predicted octanol–water partition coefficient (Wildman–Crippen LogP) is 2.45. The third-order valence-corrected chi connectivity index (χ3v) is 3.05. The maximum absolute atomic E-state index is 5.19. The highest BCUT2D eigenvalue weighted by Crippen LogP contribution is 2.07. The van der Waals surface area contributed by atoms with Gasteiger partial charge in [-0.3, -0.25) is 10.9 Å². The lowest BCUT2D eigenvalue weighted by Gasteiger charge is -2.13. The SMILES string of the molecule is Cc1ccc(NC(=S)NNC(=S)NCc2ccco2)cc1. The zero-order chi connectivity index (χ0) is 15.1. The average molecular weight is 320 g/mol. The molecule has 0 aliphatic heterocycles. The molecular weight excluding hydrogens is 304 g/mol. The van der Waals surface area contributed by atoms with Crippen LogP contribution in [0.4, 0.5) is 5.69 Å². The molecule has 4 N–H and O–H groups in total. The molecule has 2 aromatic rings. The van der Waals surface area contributed by atoms with Crippen molar-refractivity contribution in [3.05, 3.63) is 54.0 Å². The van der Waals surface area contributed by atoms with Gasteiger partial charge in [0.2, 0.25) is 0 Å². The molecule has 0 saturated heterocycles. The molecule has 0 saturated carbocycles. The van der Waals surface area contributed by atoms with Crippen LogP contribution in [0.3, 0.4) is 0 Å². The third kappa shape index (κ3) is 5.41. The van der Waals surface area contributed by atoms with E-state index in [0.29, 0.717) is 16.8 Å². The second-order valence-electron chi connectivity index (χ2n) is 4.33. The normalized spacial score (nSPS) is 9.76. The van der Waals surface area contributed by atoms with E-state index in [1.54, 1.807) is 6.26 Å². The molecule has 1 aromatic heterocycles. The van der Waals surface area contributed by atoms with Gasteiger partial charge >= 0.3 is 0 Å². The zero-order valence-corrected chi connectivity index (χ0v) is 13.1. The van der Waals surface area contributed by atoms with E-state index < -0.39 is 0 Å². The molecule has 1 aromatic carbocycles. The van der Waals surface area contributed by atoms with Gasteiger partial charge in [-0.2, -0.15) is 0 Å². The van der Waals surface area contributed by atoms with Crippen LogP contribution >= 0.6 is 24.4 Å². The second-order valence-corrected chi connectivity index (χ2v) is 5.15. The van der Waals surface area contributed by atoms with Crippen LogP contribution in [0.5, 0.6) is 0 Å². The molecule has 21 heavy (non-hydrogen) atoms. The van der Waals surface area contributed by atoms with E-state index in [0.717, 1.165) is 11.4 Å². The van der Waals surface area contributed by atoms with Gasteiger partial charge < -0.3 is 15.1 Å². The molecule has 7 heteroatoms. The maximum atomic E-state index is 5.19. The van der Waals surface area contributed by atoms with E-state index in [1.165, 1.54) is 5.56 Å². The summed E-state index contributed by atoms with van der Waals surface area (Å²) in [7, 11) is 0. The monoisotopic (exact) mass is 320 g/mol. The number of anilines is 1. The number of hydrazine groups is 1. The number of hydrogen-bond donors (Lipinski definition) is 4. The van der Waals surface area contributed by atoms with Crippen molar-refractivity contribution in [2.45, 2.75) is 13.5 Å². The minimum Gasteiger partial charge on any atom is -0.467 e. The predicted molar refractivity (Wildman–Crippen MR) is 91.8 cm³/mol. The zero-order valence-electron chi connectivity index (χ0n) is 11.5. The lowest BCUT2D eigenvalue weighted by atomic mass is 10.2. The van der Waals surface area contributed by atoms with Crippen molar-refractivity contribution >= 4 is 40.3 Å². The summed E-state index contributed by atoms with van der Waals surface area (Å²) in [5, 5.41) is 6.90. The molecule has 0 amide bonds. The molecule has 0 radical (unpaired) electrons. The summed E-state index contributed by atoms with van der Waals surface area (Å²) in [6, 6.07) is 11.6. The first-order valence-electron chi connectivity index (χ1n) is 6.33. The molecule has 110 valence electrons. The van der Waals surface area contributed by atoms with Crippen LogP contribution in [0.15, 0.2) is 47.1 Å². The number of hydrogen-bond acceptors (Lipinski definition) is 3. The van der Waals surface area contributed by atoms with E-state index >= 15 is 0 Å². The standard InChI is InChI=1S/C14H16N4OS2/c1-10-4-6-11(7-5-10)16-14(21)18-17-13(20)15-9-12-3-2-8-19-12/h2-8H,9H2,1H3,(H2,15,17,20)(H2,16,18,21). The molecule has 1 heterocycles. The Kier molecular flexibility index (Phi) is 5.53. The average Bonchev–Trinajstić information content (AvgIpc) is 2.99. The van der Waals surface area contributed by atoms with Gasteiger partial charge in [0.05, 0.1) is 12.8 Å². The highest BCUT2D eigenvalue weighted by molar-refractivity contribution is 7.80. The van der Waals surface area contributed by atoms with Gasteiger partial charge in [0.1, 0.15) is 5.76 Å². The molecule has 0 unspecified atom stereocenters. The van der Waals surface area contributed by atoms with Gasteiger partial charge in [0, 0.05) is 5.69 Å². The summed E-state index contributed by atoms with van der Waals surface area (Å²) < 4.78 is 5.19. The maximum Gasteiger partial charge on any atom is 0.189 e. The number of furan rings is 1. The first-order valence-corrected chi connectivity index (χ1v) is 7.15. The van der Waals surface area contributed by atoms with Gasteiger partial charge in [-0.25, -0.2) is 0 Å². The molecule has 0 aliphatic rings. The van der Waals surface area contributed by atoms with Crippen LogP contribution in [-0.2, 0) is 6.54 Å². The highest BCUT2D eigenvalue weighted by atomic mass is 32.1. The molecule has 2 rings (SSSR count). The molecular formula is C14H16N4OS2. The minimum absolute atomic E-state index is 0.430. The second kappa shape index (κ2) is 7.61. The van der Waals surface area contributed by atoms with Crippen molar-refractivity contribution < 1.29 is 4.42 Å². The number of rotatable bonds is 3. The Balaban J connectivity index is 1.68. The third-order valence-electron chi connectivity index (χ3n) is 2.60. The number of thiocarbonyl (C=S) groups is 2. The minimum atomic E-state index is 0.430. The van der Waals surface area contributed by atoms with E-state index in [4.69, 9.17) is 28.9 Å². The molecule has 0 spiro atoms. The van der Waals surface area contributed by atoms with Gasteiger partial charge in [-0.05, 0) is 55.6 Å². The summed E-state index contributed by atoms with van der Waals surface area (Å²) in [5.74, 6) is 0.805. The fourth-order valence-electron chi connectivity index (χ4n) is 1.54. The Hall–Kier alpha value is -2.12. The van der Waals surface area contributed by atoms with Crippen molar-refractivity contribution in [3.63, 3.8) is 0 Å². The van der Waals surface area contributed by atoms with Crippen molar-refractivity contribution in [2.24, 2.45) is 0 Å². The quantitative estimate of drug-likeness (QED) is 0.512. The van der Waals surface area contributed by atoms with Crippen LogP contribution in [0, 0.1) is 6.92 Å². The van der Waals surface area contributed by atoms with Gasteiger partial charge in [0.25, 0.3) is 0 Å². The summed E-state index contributed by atoms with van der Waals surface area (Å²) in [6.07, 6.45) is 1.62. The van der Waals surface area contributed by atoms with Crippen LogP contribution < -0.4 is 21.5 Å². The van der Waals surface area contributed by atoms with Crippen molar-refractivity contribution in [3.8, 4) is 0 Å². The van der Waals surface area contributed by atoms with Crippen molar-refractivity contribution in [1.29, 1.82) is 0 Å². The Morgan fingerprint density at radius 3 is 2.43 bits per heavy atom. The number of nitrogens with one attached hydrogen (secondary N) is 4. The van der Waals surface area contributed by atoms with Gasteiger partial charge in [-0.1, -0.05) is 17.7 Å². The molecule has 0 bridgehead atoms. The molecule has 0 atom stereocenters. The van der Waals surface area contributed by atoms with Gasteiger partial charge in [0.15, 0.2) is 10.2 Å². The van der Waals surface area contributed by atoms with E-state index in [1.807, 2.05) is 43.3 Å². The molecule has 5 nitrogen and oxygen atoms in total. The summed E-state index contributed by atoms with van der Waals surface area (Å²) in [4.78, 5) is 0. The largest absolute Gasteiger partial charge is 0.467 e. The Morgan fingerprint density at radius 1 is 1.05 bits per heavy atom. The van der Waals surface area contributed by atoms with Crippen LogP contribution in [0.1, 0.15) is 11.3 Å². The van der Waals surface area contributed by atoms with Crippen molar-refractivity contribution in [1.82, 2.24) is 16.2 Å². The Bertz CT molecular complexity index is 596.